The number of hydrogen-bond acceptors (Lipinski definition) is 13. The standard InChI is InChI=1S/C24H32N2O.C23H30N2O.C18H19BrO.C12H7BrO.C12H10O2.C12H8O.C5H12N2.C2H3N/c1-4-12-24(13-5-2)20-10-11-21(26-15-7-14-25(3)16-17-26)18-8-6-9-19(22(18)20)23(24)27;1-3-11-23(12-4-2)19-9-10-20(25-15-6-13-24-14-16-25)17-7-5-8-18(21(17)19)22(23)26;1-3-10-18(11-4-2)14-8-9-15(19)12-6-5-7-13(16(12)14)17(18)20;13-10-5-4-7-6-11(14)9-3-1-2-8(10)12(7)9;13-12(14)8-10-6-3-5-9-4-1-2-7-11(9)10;13-11-7-9-5-1-3-8-4-2-6-10(11)12(8)9;1-2-6-4-5-7-3-1;1-2-3/h6,8-11H,4-5,7,12-17H2,1-3H3;5,7-10,24H,3-4,6,11-16H2,1-2H3;5-9H,3-4,10-11H2,1-2H3;1-5H,6H2;1-7H,8H2,(H,13,14);1-6H,7H2;6-7H,1-5H2;1H3. The van der Waals surface area contributed by atoms with Gasteiger partial charge in [-0.05, 0) is 203 Å². The predicted octanol–water partition coefficient (Wildman–Crippen LogP) is 23.8. The Morgan fingerprint density at radius 3 is 1.30 bits per heavy atom. The number of carbonyl (C=O) groups is 6. The third-order valence-electron chi connectivity index (χ3n) is 26.2. The number of nitriles is 1. The number of ketones is 5. The van der Waals surface area contributed by atoms with E-state index in [0.717, 1.165) is 224 Å². The molecule has 3 aliphatic heterocycles. The molecule has 20 rings (SSSR count). The van der Waals surface area contributed by atoms with Crippen LogP contribution in [0.1, 0.15) is 230 Å². The minimum Gasteiger partial charge on any atom is -0.481 e. The first kappa shape index (κ1) is 91.6. The van der Waals surface area contributed by atoms with Crippen LogP contribution in [-0.4, -0.2) is 130 Å². The Morgan fingerprint density at radius 1 is 0.387 bits per heavy atom. The summed E-state index contributed by atoms with van der Waals surface area (Å²) in [6.07, 6.45) is 16.8. The summed E-state index contributed by atoms with van der Waals surface area (Å²) in [4.78, 5) is 81.4. The summed E-state index contributed by atoms with van der Waals surface area (Å²) in [5.41, 5.74) is 13.3. The molecule has 124 heavy (non-hydrogen) atoms. The van der Waals surface area contributed by atoms with Gasteiger partial charge in [-0.2, -0.15) is 5.26 Å². The van der Waals surface area contributed by atoms with Crippen LogP contribution in [0.25, 0.3) is 64.6 Å². The zero-order valence-electron chi connectivity index (χ0n) is 73.7. The van der Waals surface area contributed by atoms with E-state index in [1.165, 1.54) is 104 Å². The van der Waals surface area contributed by atoms with Crippen molar-refractivity contribution >= 4 is 143 Å². The lowest BCUT2D eigenvalue weighted by Crippen LogP contribution is -2.32. The molecule has 12 aromatic carbocycles. The van der Waals surface area contributed by atoms with Crippen molar-refractivity contribution in [3.63, 3.8) is 0 Å². The second-order valence-corrected chi connectivity index (χ2v) is 36.0. The van der Waals surface area contributed by atoms with Gasteiger partial charge in [-0.1, -0.05) is 288 Å². The lowest BCUT2D eigenvalue weighted by molar-refractivity contribution is -0.136. The molecule has 0 bridgehead atoms. The highest BCUT2D eigenvalue weighted by Crippen LogP contribution is 2.53. The minimum atomic E-state index is -0.790. The fraction of sp³-hybridized carbons (Fsp3) is 0.380. The summed E-state index contributed by atoms with van der Waals surface area (Å²) >= 11 is 7.12. The molecule has 644 valence electrons. The normalized spacial score (nSPS) is 16.5. The molecule has 8 aliphatic rings. The van der Waals surface area contributed by atoms with Crippen LogP contribution in [0.2, 0.25) is 0 Å². The summed E-state index contributed by atoms with van der Waals surface area (Å²) in [7, 11) is 2.21. The highest BCUT2D eigenvalue weighted by Gasteiger charge is 2.49. The van der Waals surface area contributed by atoms with E-state index in [2.05, 4.69) is 202 Å². The summed E-state index contributed by atoms with van der Waals surface area (Å²) in [5, 5.41) is 40.2. The molecular formula is C108H121Br2N7O7. The Kier molecular flexibility index (Phi) is 31.2. The van der Waals surface area contributed by atoms with Crippen LogP contribution in [0.3, 0.4) is 0 Å². The van der Waals surface area contributed by atoms with Crippen LogP contribution in [-0.2, 0) is 40.3 Å². The van der Waals surface area contributed by atoms with Crippen molar-refractivity contribution in [1.29, 1.82) is 5.26 Å². The third-order valence-corrected chi connectivity index (χ3v) is 27.6. The number of halogens is 2. The van der Waals surface area contributed by atoms with Gasteiger partial charge in [-0.25, -0.2) is 0 Å². The molecule has 0 atom stereocenters. The fourth-order valence-electron chi connectivity index (χ4n) is 20.9. The number of carboxylic acid groups (broad SMARTS) is 1. The molecule has 0 saturated carbocycles. The zero-order chi connectivity index (χ0) is 87.7. The number of aliphatic carboxylic acids is 1. The maximum atomic E-state index is 13.5. The van der Waals surface area contributed by atoms with Crippen molar-refractivity contribution in [2.45, 2.75) is 180 Å². The van der Waals surface area contributed by atoms with Gasteiger partial charge in [-0.15, -0.1) is 0 Å². The van der Waals surface area contributed by atoms with E-state index in [1.807, 2.05) is 109 Å². The monoisotopic (exact) mass is 1790 g/mol. The smallest absolute Gasteiger partial charge is 0.307 e. The van der Waals surface area contributed by atoms with Gasteiger partial charge in [0, 0.05) is 131 Å². The summed E-state index contributed by atoms with van der Waals surface area (Å²) < 4.78 is 2.14. The number of Topliss-reactive ketones (excluding diaryl/α,β-unsaturated/α-hetero) is 5. The van der Waals surface area contributed by atoms with Gasteiger partial charge in [0.05, 0.1) is 28.7 Å². The molecule has 0 amide bonds. The number of carbonyl (C=O) groups excluding carboxylic acids is 5. The molecule has 0 spiro atoms. The van der Waals surface area contributed by atoms with Crippen molar-refractivity contribution in [1.82, 2.24) is 20.9 Å². The van der Waals surface area contributed by atoms with Crippen molar-refractivity contribution in [2.24, 2.45) is 0 Å². The van der Waals surface area contributed by atoms with Crippen molar-refractivity contribution in [3.05, 3.63) is 270 Å². The van der Waals surface area contributed by atoms with Crippen LogP contribution in [0, 0.1) is 11.3 Å². The molecule has 0 unspecified atom stereocenters. The van der Waals surface area contributed by atoms with Crippen molar-refractivity contribution < 1.29 is 33.9 Å². The number of benzene rings is 12. The van der Waals surface area contributed by atoms with E-state index >= 15 is 0 Å². The molecule has 3 heterocycles. The van der Waals surface area contributed by atoms with Gasteiger partial charge in [0.1, 0.15) is 0 Å². The SMILES string of the molecule is C1CNCCNC1.CC#N.CCCC1(CCC)C(=O)c2cccc3c(Br)ccc1c23.CCCC1(CCC)C(=O)c2cccc3c(N4CCCN(C)CC4)ccc1c23.CCCC1(CCC)C(=O)c2cccc3c(N4CCCNCC4)ccc1c23.O=C(O)Cc1cccc2ccccc12.O=C1Cc2ccc(Br)c3cccc1c23.O=C1Cc2cccc3cccc1c23. The Hall–Kier alpha value is -10.1. The molecule has 12 aromatic rings. The average molecular weight is 1790 g/mol. The molecule has 0 aromatic heterocycles. The Labute approximate surface area is 749 Å². The molecule has 4 N–H and O–H groups in total. The minimum absolute atomic E-state index is 0.0847. The highest BCUT2D eigenvalue weighted by atomic mass is 79.9. The van der Waals surface area contributed by atoms with Crippen LogP contribution < -0.4 is 25.8 Å². The first-order valence-electron chi connectivity index (χ1n) is 45.4. The molecule has 3 fully saturated rings. The van der Waals surface area contributed by atoms with Crippen molar-refractivity contribution in [2.75, 3.05) is 95.4 Å². The lowest BCUT2D eigenvalue weighted by atomic mass is 9.73. The predicted molar refractivity (Wildman–Crippen MR) is 520 cm³/mol. The second kappa shape index (κ2) is 42.3. The summed E-state index contributed by atoms with van der Waals surface area (Å²) in [6.45, 7) is 27.8. The van der Waals surface area contributed by atoms with Gasteiger partial charge in [0.15, 0.2) is 28.9 Å². The number of fused-ring (bicyclic) bond motifs is 1. The first-order chi connectivity index (χ1) is 60.3. The second-order valence-electron chi connectivity index (χ2n) is 34.3. The van der Waals surface area contributed by atoms with Gasteiger partial charge >= 0.3 is 5.97 Å². The number of carboxylic acids is 1. The highest BCUT2D eigenvalue weighted by molar-refractivity contribution is 9.11. The van der Waals surface area contributed by atoms with E-state index < -0.39 is 5.97 Å². The fourth-order valence-corrected chi connectivity index (χ4v) is 21.9. The van der Waals surface area contributed by atoms with E-state index in [1.54, 1.807) is 6.07 Å². The lowest BCUT2D eigenvalue weighted by Gasteiger charge is -2.29. The van der Waals surface area contributed by atoms with Crippen LogP contribution >= 0.6 is 31.9 Å². The topological polar surface area (TPSA) is 192 Å². The largest absolute Gasteiger partial charge is 0.481 e. The van der Waals surface area contributed by atoms with Crippen LogP contribution in [0.15, 0.2) is 209 Å². The number of nitrogens with one attached hydrogen (secondary N) is 3. The Bertz CT molecular complexity index is 5910. The van der Waals surface area contributed by atoms with Gasteiger partial charge in [-0.3, -0.25) is 28.8 Å². The van der Waals surface area contributed by atoms with Crippen molar-refractivity contribution in [3.8, 4) is 6.07 Å². The van der Waals surface area contributed by atoms with Gasteiger partial charge < -0.3 is 35.8 Å². The molecule has 3 saturated heterocycles. The number of anilines is 2. The third kappa shape index (κ3) is 18.9. The molecule has 14 nitrogen and oxygen atoms in total. The summed E-state index contributed by atoms with van der Waals surface area (Å²) in [6, 6.07) is 69.5. The number of likely N-dealkylation sites (N-methyl/N-ethyl adjacent to an activating group) is 1. The van der Waals surface area contributed by atoms with Crippen LogP contribution in [0.5, 0.6) is 0 Å². The zero-order valence-corrected chi connectivity index (χ0v) is 76.9. The molecular weight excluding hydrogens is 1670 g/mol. The van der Waals surface area contributed by atoms with Gasteiger partial charge in [0.2, 0.25) is 0 Å². The Balaban J connectivity index is 0.000000127. The van der Waals surface area contributed by atoms with Gasteiger partial charge in [0.25, 0.3) is 0 Å². The number of rotatable bonds is 16. The molecule has 0 radical (unpaired) electrons. The maximum Gasteiger partial charge on any atom is 0.307 e. The number of hydrogen-bond donors (Lipinski definition) is 4. The molecule has 16 heteroatoms. The quantitative estimate of drug-likeness (QED) is 0.0714. The van der Waals surface area contributed by atoms with E-state index in [-0.39, 0.29) is 34.2 Å². The average Bonchev–Trinajstić information content (AvgIpc) is 1.57. The van der Waals surface area contributed by atoms with E-state index in [4.69, 9.17) is 10.4 Å². The summed E-state index contributed by atoms with van der Waals surface area (Å²) in [5.74, 6) is 0.757. The molecule has 5 aliphatic carbocycles. The number of nitrogens with zero attached hydrogens (tertiary/aromatic N) is 4. The van der Waals surface area contributed by atoms with Crippen LogP contribution in [0.4, 0.5) is 11.4 Å². The Morgan fingerprint density at radius 2 is 0.774 bits per heavy atom. The van der Waals surface area contributed by atoms with E-state index in [0.29, 0.717) is 30.2 Å². The maximum absolute atomic E-state index is 13.5. The van der Waals surface area contributed by atoms with E-state index in [9.17, 15) is 28.8 Å². The first-order valence-corrected chi connectivity index (χ1v) is 47.0.